The smallest absolute Gasteiger partial charge is 0.129 e. The summed E-state index contributed by atoms with van der Waals surface area (Å²) in [6, 6.07) is 6.98. The van der Waals surface area contributed by atoms with Crippen LogP contribution in [0.3, 0.4) is 0 Å². The molecule has 19 heavy (non-hydrogen) atoms. The lowest BCUT2D eigenvalue weighted by atomic mass is 10.0. The van der Waals surface area contributed by atoms with E-state index in [1.165, 1.54) is 6.07 Å². The zero-order valence-corrected chi connectivity index (χ0v) is 12.8. The lowest BCUT2D eigenvalue weighted by Gasteiger charge is -2.19. The van der Waals surface area contributed by atoms with Gasteiger partial charge in [-0.1, -0.05) is 22.0 Å². The Kier molecular flexibility index (Phi) is 4.37. The van der Waals surface area contributed by atoms with Crippen molar-refractivity contribution in [2.24, 2.45) is 7.05 Å². The minimum atomic E-state index is -0.201. The Hall–Kier alpha value is -1.20. The molecule has 0 spiro atoms. The largest absolute Gasteiger partial charge is 0.313 e. The van der Waals surface area contributed by atoms with Gasteiger partial charge in [-0.15, -0.1) is 0 Å². The van der Waals surface area contributed by atoms with Crippen molar-refractivity contribution < 1.29 is 4.39 Å². The topological polar surface area (TPSA) is 29.9 Å². The van der Waals surface area contributed by atoms with Gasteiger partial charge >= 0.3 is 0 Å². The van der Waals surface area contributed by atoms with Crippen molar-refractivity contribution in [3.8, 4) is 0 Å². The first-order valence-electron chi connectivity index (χ1n) is 6.13. The minimum Gasteiger partial charge on any atom is -0.313 e. The molecule has 1 heterocycles. The van der Waals surface area contributed by atoms with Crippen LogP contribution in [0.2, 0.25) is 0 Å². The second-order valence-electron chi connectivity index (χ2n) is 4.58. The first kappa shape index (κ1) is 14.2. The van der Waals surface area contributed by atoms with Crippen LogP contribution in [0.5, 0.6) is 0 Å². The van der Waals surface area contributed by atoms with E-state index in [-0.39, 0.29) is 11.9 Å². The normalized spacial score (nSPS) is 12.7. The molecule has 0 aliphatic heterocycles. The van der Waals surface area contributed by atoms with Gasteiger partial charge in [-0.2, -0.15) is 5.10 Å². The fourth-order valence-corrected chi connectivity index (χ4v) is 2.87. The molecule has 1 aromatic heterocycles. The third-order valence-electron chi connectivity index (χ3n) is 3.21. The van der Waals surface area contributed by atoms with Gasteiger partial charge in [0, 0.05) is 35.2 Å². The number of hydrogen-bond acceptors (Lipinski definition) is 2. The summed E-state index contributed by atoms with van der Waals surface area (Å²) in [6.45, 7) is 1.96. The Balaban J connectivity index is 2.33. The molecular formula is C14H17BrFN3. The number of rotatable bonds is 4. The third-order valence-corrected chi connectivity index (χ3v) is 3.90. The van der Waals surface area contributed by atoms with E-state index in [0.717, 1.165) is 15.9 Å². The highest BCUT2D eigenvalue weighted by atomic mass is 79.9. The number of halogens is 2. The Morgan fingerprint density at radius 1 is 1.47 bits per heavy atom. The summed E-state index contributed by atoms with van der Waals surface area (Å²) in [4.78, 5) is 0. The zero-order chi connectivity index (χ0) is 14.0. The van der Waals surface area contributed by atoms with Gasteiger partial charge in [0.1, 0.15) is 5.82 Å². The lowest BCUT2D eigenvalue weighted by Crippen LogP contribution is -2.21. The number of nitrogens with one attached hydrogen (secondary N) is 1. The molecule has 3 nitrogen and oxygen atoms in total. The maximum atomic E-state index is 14.0. The first-order valence-corrected chi connectivity index (χ1v) is 6.93. The Labute approximate surface area is 121 Å². The molecule has 0 aliphatic carbocycles. The average molecular weight is 326 g/mol. The minimum absolute atomic E-state index is 0.0922. The molecule has 1 N–H and O–H groups in total. The summed E-state index contributed by atoms with van der Waals surface area (Å²) in [6.07, 6.45) is 0.688. The van der Waals surface area contributed by atoms with Gasteiger partial charge in [-0.25, -0.2) is 4.39 Å². The molecular weight excluding hydrogens is 309 g/mol. The molecule has 1 unspecified atom stereocenters. The molecule has 1 atom stereocenters. The van der Waals surface area contributed by atoms with Crippen LogP contribution in [0.25, 0.3) is 0 Å². The van der Waals surface area contributed by atoms with Crippen LogP contribution < -0.4 is 5.32 Å². The summed E-state index contributed by atoms with van der Waals surface area (Å²) in [5.41, 5.74) is 2.70. The van der Waals surface area contributed by atoms with E-state index < -0.39 is 0 Å². The van der Waals surface area contributed by atoms with Crippen molar-refractivity contribution in [1.82, 2.24) is 15.1 Å². The van der Waals surface area contributed by atoms with Crippen molar-refractivity contribution in [3.63, 3.8) is 0 Å². The third kappa shape index (κ3) is 3.04. The Morgan fingerprint density at radius 2 is 2.21 bits per heavy atom. The highest BCUT2D eigenvalue weighted by Gasteiger charge is 2.19. The van der Waals surface area contributed by atoms with E-state index >= 15 is 0 Å². The summed E-state index contributed by atoms with van der Waals surface area (Å²) < 4.78 is 16.6. The number of nitrogens with zero attached hydrogens (tertiary/aromatic N) is 2. The number of aryl methyl sites for hydroxylation is 2. The number of hydrogen-bond donors (Lipinski definition) is 1. The molecule has 2 aromatic rings. The van der Waals surface area contributed by atoms with E-state index in [9.17, 15) is 4.39 Å². The van der Waals surface area contributed by atoms with Crippen LogP contribution in [0.4, 0.5) is 4.39 Å². The van der Waals surface area contributed by atoms with Crippen molar-refractivity contribution in [1.29, 1.82) is 0 Å². The first-order chi connectivity index (χ1) is 9.02. The molecule has 0 radical (unpaired) electrons. The predicted octanol–water partition coefficient (Wildman–Crippen LogP) is 3.13. The number of likely N-dealkylation sites (N-methyl/N-ethyl adjacent to an activating group) is 1. The van der Waals surface area contributed by atoms with E-state index in [0.29, 0.717) is 12.0 Å². The molecule has 1 aromatic carbocycles. The van der Waals surface area contributed by atoms with E-state index in [4.69, 9.17) is 0 Å². The molecule has 0 aliphatic rings. The van der Waals surface area contributed by atoms with E-state index in [1.54, 1.807) is 6.07 Å². The monoisotopic (exact) mass is 325 g/mol. The van der Waals surface area contributed by atoms with Crippen LogP contribution in [-0.4, -0.2) is 16.8 Å². The van der Waals surface area contributed by atoms with Crippen LogP contribution in [-0.2, 0) is 13.5 Å². The van der Waals surface area contributed by atoms with Crippen molar-refractivity contribution >= 4 is 15.9 Å². The molecule has 0 saturated heterocycles. The molecule has 0 saturated carbocycles. The van der Waals surface area contributed by atoms with Gasteiger partial charge in [0.15, 0.2) is 0 Å². The fraction of sp³-hybridized carbons (Fsp3) is 0.357. The quantitative estimate of drug-likeness (QED) is 0.935. The standard InChI is InChI=1S/C14H17BrFN3/c1-9-7-10(19(3)18-9)8-13(17-2)14-11(15)5-4-6-12(14)16/h4-7,13,17H,8H2,1-3H3. The molecule has 2 rings (SSSR count). The maximum absolute atomic E-state index is 14.0. The summed E-state index contributed by atoms with van der Waals surface area (Å²) in [5.74, 6) is -0.201. The van der Waals surface area contributed by atoms with Gasteiger partial charge in [0.05, 0.1) is 5.69 Å². The molecule has 0 bridgehead atoms. The van der Waals surface area contributed by atoms with Crippen molar-refractivity contribution in [3.05, 3.63) is 51.5 Å². The molecule has 102 valence electrons. The fourth-order valence-electron chi connectivity index (χ4n) is 2.26. The maximum Gasteiger partial charge on any atom is 0.129 e. The van der Waals surface area contributed by atoms with Crippen molar-refractivity contribution in [2.45, 2.75) is 19.4 Å². The highest BCUT2D eigenvalue weighted by molar-refractivity contribution is 9.10. The lowest BCUT2D eigenvalue weighted by molar-refractivity contribution is 0.517. The second-order valence-corrected chi connectivity index (χ2v) is 5.44. The average Bonchev–Trinajstić information content (AvgIpc) is 2.66. The van der Waals surface area contributed by atoms with Gasteiger partial charge < -0.3 is 5.32 Å². The SMILES string of the molecule is CNC(Cc1cc(C)nn1C)c1c(F)cccc1Br. The van der Waals surface area contributed by atoms with Crippen LogP contribution in [0.15, 0.2) is 28.7 Å². The number of benzene rings is 1. The predicted molar refractivity (Wildman–Crippen MR) is 77.5 cm³/mol. The number of aromatic nitrogens is 2. The van der Waals surface area contributed by atoms with Gasteiger partial charge in [-0.05, 0) is 32.2 Å². The van der Waals surface area contributed by atoms with Crippen LogP contribution in [0, 0.1) is 12.7 Å². The highest BCUT2D eigenvalue weighted by Crippen LogP contribution is 2.28. The van der Waals surface area contributed by atoms with Gasteiger partial charge in [-0.3, -0.25) is 4.68 Å². The van der Waals surface area contributed by atoms with Crippen LogP contribution >= 0.6 is 15.9 Å². The second kappa shape index (κ2) is 5.84. The molecule has 5 heteroatoms. The van der Waals surface area contributed by atoms with Crippen molar-refractivity contribution in [2.75, 3.05) is 7.05 Å². The van der Waals surface area contributed by atoms with Crippen LogP contribution in [0.1, 0.15) is 23.0 Å². The molecule has 0 amide bonds. The van der Waals surface area contributed by atoms with Gasteiger partial charge in [0.2, 0.25) is 0 Å². The zero-order valence-electron chi connectivity index (χ0n) is 11.2. The van der Waals surface area contributed by atoms with E-state index in [2.05, 4.69) is 26.3 Å². The van der Waals surface area contributed by atoms with E-state index in [1.807, 2.05) is 37.8 Å². The summed E-state index contributed by atoms with van der Waals surface area (Å²) in [7, 11) is 3.75. The van der Waals surface area contributed by atoms with Gasteiger partial charge in [0.25, 0.3) is 0 Å². The molecule has 0 fully saturated rings. The summed E-state index contributed by atoms with van der Waals surface area (Å²) in [5, 5.41) is 7.49. The Morgan fingerprint density at radius 3 is 2.74 bits per heavy atom. The Bertz CT molecular complexity index is 560. The summed E-state index contributed by atoms with van der Waals surface area (Å²) >= 11 is 3.42.